The molecule has 0 aliphatic rings. The molecule has 6 nitrogen and oxygen atoms in total. The number of alkyl carbamates (subject to hydrolysis) is 1. The Hall–Kier alpha value is -2.08. The number of amides is 2. The summed E-state index contributed by atoms with van der Waals surface area (Å²) in [7, 11) is 0. The predicted molar refractivity (Wildman–Crippen MR) is 78.5 cm³/mol. The minimum absolute atomic E-state index is 0.306. The van der Waals surface area contributed by atoms with Gasteiger partial charge in [-0.3, -0.25) is 4.79 Å². The summed E-state index contributed by atoms with van der Waals surface area (Å²) in [5.41, 5.74) is 0.444. The molecule has 1 unspecified atom stereocenters. The highest BCUT2D eigenvalue weighted by atomic mass is 16.6. The number of carbonyl (C=O) groups is 2. The lowest BCUT2D eigenvalue weighted by Gasteiger charge is -2.22. The molecule has 21 heavy (non-hydrogen) atoms. The molecule has 0 spiro atoms. The first-order valence-corrected chi connectivity index (χ1v) is 6.73. The molecule has 0 aromatic heterocycles. The molecule has 0 bridgehead atoms. The molecule has 0 heterocycles. The Bertz CT molecular complexity index is 468. The third kappa shape index (κ3) is 6.76. The second-order valence-corrected chi connectivity index (χ2v) is 5.65. The molecule has 2 amide bonds. The zero-order valence-electron chi connectivity index (χ0n) is 12.6. The predicted octanol–water partition coefficient (Wildman–Crippen LogP) is 1.19. The van der Waals surface area contributed by atoms with E-state index in [2.05, 4.69) is 10.6 Å². The van der Waals surface area contributed by atoms with Crippen LogP contribution in [0.4, 0.5) is 4.79 Å². The van der Waals surface area contributed by atoms with Crippen molar-refractivity contribution in [2.24, 2.45) is 0 Å². The van der Waals surface area contributed by atoms with Crippen molar-refractivity contribution in [3.63, 3.8) is 0 Å². The van der Waals surface area contributed by atoms with Crippen molar-refractivity contribution in [1.82, 2.24) is 10.6 Å². The lowest BCUT2D eigenvalue weighted by Crippen LogP contribution is -2.46. The minimum Gasteiger partial charge on any atom is -0.434 e. The first-order chi connectivity index (χ1) is 9.81. The molecule has 0 saturated heterocycles. The van der Waals surface area contributed by atoms with E-state index >= 15 is 0 Å². The van der Waals surface area contributed by atoms with E-state index in [1.807, 2.05) is 30.3 Å². The van der Waals surface area contributed by atoms with Crippen molar-refractivity contribution in [3.05, 3.63) is 35.9 Å². The van der Waals surface area contributed by atoms with Crippen LogP contribution in [-0.4, -0.2) is 35.4 Å². The Morgan fingerprint density at radius 3 is 2.38 bits per heavy atom. The monoisotopic (exact) mass is 294 g/mol. The Kier molecular flexibility index (Phi) is 6.17. The van der Waals surface area contributed by atoms with Crippen LogP contribution in [0.1, 0.15) is 26.3 Å². The minimum atomic E-state index is -1.23. The van der Waals surface area contributed by atoms with Gasteiger partial charge in [0.15, 0.2) is 0 Å². The lowest BCUT2D eigenvalue weighted by atomic mass is 10.1. The fourth-order valence-corrected chi connectivity index (χ4v) is 1.54. The summed E-state index contributed by atoms with van der Waals surface area (Å²) in [5.74, 6) is -0.537. The molecule has 6 heteroatoms. The van der Waals surface area contributed by atoms with Gasteiger partial charge in [-0.1, -0.05) is 30.3 Å². The number of ether oxygens (including phenoxy) is 1. The van der Waals surface area contributed by atoms with Crippen LogP contribution >= 0.6 is 0 Å². The average molecular weight is 294 g/mol. The highest BCUT2D eigenvalue weighted by Gasteiger charge is 2.24. The third-order valence-corrected chi connectivity index (χ3v) is 2.49. The second kappa shape index (κ2) is 7.64. The van der Waals surface area contributed by atoms with Gasteiger partial charge in [-0.05, 0) is 26.3 Å². The maximum Gasteiger partial charge on any atom is 0.408 e. The van der Waals surface area contributed by atoms with Gasteiger partial charge in [-0.25, -0.2) is 4.79 Å². The van der Waals surface area contributed by atoms with Crippen LogP contribution in [-0.2, 0) is 16.1 Å². The van der Waals surface area contributed by atoms with E-state index in [1.165, 1.54) is 0 Å². The van der Waals surface area contributed by atoms with E-state index < -0.39 is 30.3 Å². The topological polar surface area (TPSA) is 87.7 Å². The van der Waals surface area contributed by atoms with E-state index in [0.29, 0.717) is 6.54 Å². The molecule has 0 radical (unpaired) electrons. The van der Waals surface area contributed by atoms with Crippen molar-refractivity contribution in [1.29, 1.82) is 0 Å². The van der Waals surface area contributed by atoms with E-state index in [-0.39, 0.29) is 0 Å². The van der Waals surface area contributed by atoms with Crippen molar-refractivity contribution < 1.29 is 19.4 Å². The Morgan fingerprint density at radius 1 is 1.24 bits per heavy atom. The number of benzene rings is 1. The lowest BCUT2D eigenvalue weighted by molar-refractivity contribution is -0.131. The highest BCUT2D eigenvalue weighted by molar-refractivity contribution is 5.83. The Balaban J connectivity index is 2.48. The molecule has 1 rings (SSSR count). The SMILES string of the molecule is CC(C)(C)NC(=O)OC(CO)C(=O)NCc1ccccc1. The summed E-state index contributed by atoms with van der Waals surface area (Å²) < 4.78 is 4.91. The van der Waals surface area contributed by atoms with Crippen LogP contribution < -0.4 is 10.6 Å². The maximum atomic E-state index is 11.9. The van der Waals surface area contributed by atoms with Crippen LogP contribution in [0, 0.1) is 0 Å². The molecule has 0 aliphatic heterocycles. The van der Waals surface area contributed by atoms with Crippen LogP contribution in [0.15, 0.2) is 30.3 Å². The first-order valence-electron chi connectivity index (χ1n) is 6.73. The summed E-state index contributed by atoms with van der Waals surface area (Å²) in [6.45, 7) is 5.10. The van der Waals surface area contributed by atoms with E-state index in [9.17, 15) is 14.7 Å². The Morgan fingerprint density at radius 2 is 1.86 bits per heavy atom. The molecule has 116 valence electrons. The van der Waals surface area contributed by atoms with Gasteiger partial charge >= 0.3 is 6.09 Å². The van der Waals surface area contributed by atoms with Crippen LogP contribution in [0.25, 0.3) is 0 Å². The quantitative estimate of drug-likeness (QED) is 0.761. The van der Waals surface area contributed by atoms with Crippen molar-refractivity contribution in [2.45, 2.75) is 39.0 Å². The van der Waals surface area contributed by atoms with Gasteiger partial charge in [0.1, 0.15) is 0 Å². The highest BCUT2D eigenvalue weighted by Crippen LogP contribution is 2.02. The van der Waals surface area contributed by atoms with Gasteiger partial charge in [0.2, 0.25) is 6.10 Å². The van der Waals surface area contributed by atoms with E-state index in [4.69, 9.17) is 4.74 Å². The fraction of sp³-hybridized carbons (Fsp3) is 0.467. The van der Waals surface area contributed by atoms with Gasteiger partial charge in [0.25, 0.3) is 5.91 Å². The van der Waals surface area contributed by atoms with Gasteiger partial charge in [0.05, 0.1) is 6.61 Å². The van der Waals surface area contributed by atoms with Crippen LogP contribution in [0.5, 0.6) is 0 Å². The molecule has 1 aromatic rings. The van der Waals surface area contributed by atoms with Crippen molar-refractivity contribution >= 4 is 12.0 Å². The van der Waals surface area contributed by atoms with Gasteiger partial charge < -0.3 is 20.5 Å². The van der Waals surface area contributed by atoms with E-state index in [0.717, 1.165) is 5.56 Å². The molecule has 1 atom stereocenters. The molecule has 0 fully saturated rings. The number of carbonyl (C=O) groups excluding carboxylic acids is 2. The number of aliphatic hydroxyl groups is 1. The zero-order valence-corrected chi connectivity index (χ0v) is 12.6. The number of hydrogen-bond acceptors (Lipinski definition) is 4. The smallest absolute Gasteiger partial charge is 0.408 e. The van der Waals surface area contributed by atoms with Gasteiger partial charge in [0, 0.05) is 12.1 Å². The summed E-state index contributed by atoms with van der Waals surface area (Å²) >= 11 is 0. The standard InChI is InChI=1S/C15H22N2O4/c1-15(2,3)17-14(20)21-12(10-18)13(19)16-9-11-7-5-4-6-8-11/h4-8,12,18H,9-10H2,1-3H3,(H,16,19)(H,17,20). The largest absolute Gasteiger partial charge is 0.434 e. The fourth-order valence-electron chi connectivity index (χ4n) is 1.54. The van der Waals surface area contributed by atoms with Crippen LogP contribution in [0.3, 0.4) is 0 Å². The van der Waals surface area contributed by atoms with Crippen molar-refractivity contribution in [3.8, 4) is 0 Å². The van der Waals surface area contributed by atoms with Gasteiger partial charge in [-0.15, -0.1) is 0 Å². The number of hydrogen-bond donors (Lipinski definition) is 3. The summed E-state index contributed by atoms with van der Waals surface area (Å²) in [6, 6.07) is 9.32. The zero-order chi connectivity index (χ0) is 15.9. The summed E-state index contributed by atoms with van der Waals surface area (Å²) in [4.78, 5) is 23.5. The molecule has 0 aliphatic carbocycles. The normalized spacial score (nSPS) is 12.4. The van der Waals surface area contributed by atoms with E-state index in [1.54, 1.807) is 20.8 Å². The first kappa shape index (κ1) is 17.0. The summed E-state index contributed by atoms with van der Waals surface area (Å²) in [5, 5.41) is 14.3. The molecule has 0 saturated carbocycles. The molecule has 3 N–H and O–H groups in total. The maximum absolute atomic E-state index is 11.9. The van der Waals surface area contributed by atoms with Crippen molar-refractivity contribution in [2.75, 3.05) is 6.61 Å². The number of aliphatic hydroxyl groups excluding tert-OH is 1. The number of rotatable bonds is 5. The molecule has 1 aromatic carbocycles. The van der Waals surface area contributed by atoms with Crippen LogP contribution in [0.2, 0.25) is 0 Å². The summed E-state index contributed by atoms with van der Waals surface area (Å²) in [6.07, 6.45) is -1.97. The average Bonchev–Trinajstić information content (AvgIpc) is 2.41. The second-order valence-electron chi connectivity index (χ2n) is 5.65. The Labute approximate surface area is 124 Å². The van der Waals surface area contributed by atoms with Gasteiger partial charge in [-0.2, -0.15) is 0 Å². The molecular weight excluding hydrogens is 272 g/mol. The number of nitrogens with one attached hydrogen (secondary N) is 2. The molecular formula is C15H22N2O4. The third-order valence-electron chi connectivity index (χ3n) is 2.49.